The number of rotatable bonds is 3. The molecule has 2 saturated heterocycles. The molecule has 4 rings (SSSR count). The number of carbonyl (C=O) groups excluding carboxylic acids is 2. The molecule has 2 amide bonds. The summed E-state index contributed by atoms with van der Waals surface area (Å²) in [5.74, 6) is -1.20. The van der Waals surface area contributed by atoms with Crippen LogP contribution in [0.1, 0.15) is 6.42 Å². The van der Waals surface area contributed by atoms with Crippen molar-refractivity contribution in [1.82, 2.24) is 0 Å². The van der Waals surface area contributed by atoms with Crippen molar-refractivity contribution >= 4 is 34.8 Å². The molecule has 0 radical (unpaired) electrons. The number of nitrogens with zero attached hydrogens (tertiary/aromatic N) is 2. The van der Waals surface area contributed by atoms with E-state index in [9.17, 15) is 14.0 Å². The lowest BCUT2D eigenvalue weighted by Crippen LogP contribution is -3.19. The van der Waals surface area contributed by atoms with Gasteiger partial charge in [0.25, 0.3) is 5.91 Å². The third kappa shape index (κ3) is 3.42. The SMILES string of the molecule is O=C1C[C@@H]([NH+]2CCN(c3cccc(Cl)c3)CC2)C(=O)N1c1ccccc1F. The van der Waals surface area contributed by atoms with E-state index in [2.05, 4.69) is 4.90 Å². The highest BCUT2D eigenvalue weighted by Gasteiger charge is 2.47. The molecule has 140 valence electrons. The van der Waals surface area contributed by atoms with Gasteiger partial charge >= 0.3 is 0 Å². The van der Waals surface area contributed by atoms with Crippen LogP contribution in [0.25, 0.3) is 0 Å². The lowest BCUT2D eigenvalue weighted by atomic mass is 10.1. The maximum atomic E-state index is 14.1. The second-order valence-corrected chi connectivity index (χ2v) is 7.34. The number of amides is 2. The van der Waals surface area contributed by atoms with Gasteiger partial charge in [0.1, 0.15) is 5.82 Å². The van der Waals surface area contributed by atoms with Crippen molar-refractivity contribution in [3.05, 3.63) is 59.4 Å². The molecule has 2 aromatic carbocycles. The lowest BCUT2D eigenvalue weighted by molar-refractivity contribution is -0.915. The van der Waals surface area contributed by atoms with Crippen LogP contribution in [0.2, 0.25) is 5.02 Å². The molecule has 0 unspecified atom stereocenters. The highest BCUT2D eigenvalue weighted by molar-refractivity contribution is 6.30. The van der Waals surface area contributed by atoms with Gasteiger partial charge in [-0.15, -0.1) is 0 Å². The number of nitrogens with one attached hydrogen (secondary N) is 1. The van der Waals surface area contributed by atoms with Crippen LogP contribution in [-0.2, 0) is 9.59 Å². The molecule has 2 aromatic rings. The number of para-hydroxylation sites is 1. The standard InChI is InChI=1S/C20H19ClFN3O2/c21-14-4-3-5-15(12-14)23-8-10-24(11-9-23)18-13-19(26)25(20(18)27)17-7-2-1-6-16(17)22/h1-7,12,18H,8-11,13H2/p+1/t18-/m1/s1. The molecule has 2 aliphatic heterocycles. The molecule has 2 fully saturated rings. The summed E-state index contributed by atoms with van der Waals surface area (Å²) in [5.41, 5.74) is 1.11. The van der Waals surface area contributed by atoms with Gasteiger partial charge < -0.3 is 9.80 Å². The molecule has 7 heteroatoms. The van der Waals surface area contributed by atoms with Gasteiger partial charge in [-0.05, 0) is 30.3 Å². The predicted molar refractivity (Wildman–Crippen MR) is 102 cm³/mol. The third-order valence-corrected chi connectivity index (χ3v) is 5.55. The number of piperazine rings is 1. The number of halogens is 2. The Hall–Kier alpha value is -2.44. The van der Waals surface area contributed by atoms with E-state index in [1.54, 1.807) is 12.1 Å². The van der Waals surface area contributed by atoms with E-state index in [0.717, 1.165) is 41.7 Å². The van der Waals surface area contributed by atoms with E-state index in [0.29, 0.717) is 5.02 Å². The van der Waals surface area contributed by atoms with Crippen LogP contribution in [0.3, 0.4) is 0 Å². The van der Waals surface area contributed by atoms with Crippen molar-refractivity contribution < 1.29 is 18.9 Å². The Balaban J connectivity index is 1.45. The smallest absolute Gasteiger partial charge is 0.292 e. The fraction of sp³-hybridized carbons (Fsp3) is 0.300. The Bertz CT molecular complexity index is 883. The fourth-order valence-electron chi connectivity index (χ4n) is 3.91. The maximum Gasteiger partial charge on any atom is 0.292 e. The van der Waals surface area contributed by atoms with E-state index in [4.69, 9.17) is 11.6 Å². The van der Waals surface area contributed by atoms with Crippen LogP contribution in [0.4, 0.5) is 15.8 Å². The molecule has 1 N–H and O–H groups in total. The zero-order valence-corrected chi connectivity index (χ0v) is 15.5. The monoisotopic (exact) mass is 388 g/mol. The summed E-state index contributed by atoms with van der Waals surface area (Å²) in [7, 11) is 0. The van der Waals surface area contributed by atoms with Gasteiger partial charge in [0.2, 0.25) is 5.91 Å². The molecule has 0 spiro atoms. The van der Waals surface area contributed by atoms with Crippen LogP contribution in [-0.4, -0.2) is 44.0 Å². The normalized spacial score (nSPS) is 21.2. The van der Waals surface area contributed by atoms with Gasteiger partial charge in [-0.3, -0.25) is 9.59 Å². The van der Waals surface area contributed by atoms with Gasteiger partial charge in [0, 0.05) is 10.7 Å². The first-order valence-electron chi connectivity index (χ1n) is 9.01. The van der Waals surface area contributed by atoms with Crippen molar-refractivity contribution in [3.63, 3.8) is 0 Å². The number of hydrogen-bond acceptors (Lipinski definition) is 3. The predicted octanol–water partition coefficient (Wildman–Crippen LogP) is 1.52. The number of hydrogen-bond donors (Lipinski definition) is 1. The molecule has 2 heterocycles. The summed E-state index contributed by atoms with van der Waals surface area (Å²) in [6.07, 6.45) is 0.125. The summed E-state index contributed by atoms with van der Waals surface area (Å²) in [6.45, 7) is 3.02. The van der Waals surface area contributed by atoms with Crippen molar-refractivity contribution in [2.75, 3.05) is 36.0 Å². The van der Waals surface area contributed by atoms with Crippen molar-refractivity contribution in [3.8, 4) is 0 Å². The van der Waals surface area contributed by atoms with E-state index in [1.807, 2.05) is 24.3 Å². The van der Waals surface area contributed by atoms with E-state index in [1.165, 1.54) is 12.1 Å². The molecule has 5 nitrogen and oxygen atoms in total. The summed E-state index contributed by atoms with van der Waals surface area (Å²) >= 11 is 6.07. The lowest BCUT2D eigenvalue weighted by Gasteiger charge is -2.35. The molecule has 1 atom stereocenters. The fourth-order valence-corrected chi connectivity index (χ4v) is 4.09. The Morgan fingerprint density at radius 3 is 2.48 bits per heavy atom. The molecule has 27 heavy (non-hydrogen) atoms. The molecule has 0 saturated carbocycles. The van der Waals surface area contributed by atoms with Crippen molar-refractivity contribution in [1.29, 1.82) is 0 Å². The Kier molecular flexibility index (Phi) is 4.85. The summed E-state index contributed by atoms with van der Waals surface area (Å²) < 4.78 is 14.1. The second-order valence-electron chi connectivity index (χ2n) is 6.90. The van der Waals surface area contributed by atoms with Gasteiger partial charge in [-0.25, -0.2) is 9.29 Å². The minimum absolute atomic E-state index is 0.0481. The average molecular weight is 389 g/mol. The van der Waals surface area contributed by atoms with Gasteiger partial charge in [-0.1, -0.05) is 29.8 Å². The average Bonchev–Trinajstić information content (AvgIpc) is 2.97. The second kappa shape index (κ2) is 7.29. The number of carbonyl (C=O) groups is 2. The van der Waals surface area contributed by atoms with Gasteiger partial charge in [0.15, 0.2) is 6.04 Å². The van der Waals surface area contributed by atoms with Gasteiger partial charge in [-0.2, -0.15) is 0 Å². The third-order valence-electron chi connectivity index (χ3n) is 5.31. The molecular weight excluding hydrogens is 369 g/mol. The molecular formula is C20H20ClFN3O2+. The minimum atomic E-state index is -0.555. The highest BCUT2D eigenvalue weighted by atomic mass is 35.5. The molecule has 0 bridgehead atoms. The zero-order valence-electron chi connectivity index (χ0n) is 14.7. The maximum absolute atomic E-state index is 14.1. The molecule has 0 aromatic heterocycles. The van der Waals surface area contributed by atoms with E-state index >= 15 is 0 Å². The van der Waals surface area contributed by atoms with Crippen LogP contribution in [0.5, 0.6) is 0 Å². The number of imide groups is 1. The van der Waals surface area contributed by atoms with Crippen LogP contribution in [0.15, 0.2) is 48.5 Å². The Morgan fingerprint density at radius 2 is 1.78 bits per heavy atom. The topological polar surface area (TPSA) is 45.1 Å². The Labute approximate surface area is 161 Å². The zero-order chi connectivity index (χ0) is 19.0. The summed E-state index contributed by atoms with van der Waals surface area (Å²) in [4.78, 5) is 29.6. The van der Waals surface area contributed by atoms with Crippen molar-refractivity contribution in [2.24, 2.45) is 0 Å². The summed E-state index contributed by atoms with van der Waals surface area (Å²) in [5, 5.41) is 0.694. The van der Waals surface area contributed by atoms with E-state index < -0.39 is 11.9 Å². The number of anilines is 2. The number of benzene rings is 2. The first kappa shape index (κ1) is 17.9. The van der Waals surface area contributed by atoms with Crippen LogP contribution in [0, 0.1) is 5.82 Å². The van der Waals surface area contributed by atoms with Crippen LogP contribution >= 0.6 is 11.6 Å². The molecule has 2 aliphatic rings. The first-order chi connectivity index (χ1) is 13.0. The minimum Gasteiger partial charge on any atom is -0.360 e. The number of quaternary nitrogens is 1. The van der Waals surface area contributed by atoms with Crippen LogP contribution < -0.4 is 14.7 Å². The first-order valence-corrected chi connectivity index (χ1v) is 9.39. The highest BCUT2D eigenvalue weighted by Crippen LogP contribution is 2.25. The van der Waals surface area contributed by atoms with Gasteiger partial charge in [0.05, 0.1) is 38.3 Å². The summed E-state index contributed by atoms with van der Waals surface area (Å²) in [6, 6.07) is 13.2. The van der Waals surface area contributed by atoms with E-state index in [-0.39, 0.29) is 23.9 Å². The Morgan fingerprint density at radius 1 is 1.04 bits per heavy atom. The largest absolute Gasteiger partial charge is 0.360 e. The van der Waals surface area contributed by atoms with Crippen molar-refractivity contribution in [2.45, 2.75) is 12.5 Å². The quantitative estimate of drug-likeness (QED) is 0.811. The molecule has 0 aliphatic carbocycles.